The third-order valence-corrected chi connectivity index (χ3v) is 11.4. The summed E-state index contributed by atoms with van der Waals surface area (Å²) in [6, 6.07) is 0. The molecule has 0 spiro atoms. The van der Waals surface area contributed by atoms with E-state index >= 15 is 0 Å². The lowest BCUT2D eigenvalue weighted by Gasteiger charge is -2.41. The molecule has 0 saturated carbocycles. The molecular formula is C24H47BO3Si. The quantitative estimate of drug-likeness (QED) is 0.306. The zero-order valence-corrected chi connectivity index (χ0v) is 22.5. The standard InChI is InChI=1S/C24H47BO3Si/c1-18(2)14-15-19(3)21(26-29(12,13)22(5,6)7)20(4)16-17-25-27-23(8,9)24(10,11)28-25/h15-18,20-21H,14H2,1-13H3/b17-16+,19-15+/t20-,21+/m1/s1. The summed E-state index contributed by atoms with van der Waals surface area (Å²) in [4.78, 5) is 0. The smallest absolute Gasteiger partial charge is 0.410 e. The second kappa shape index (κ2) is 9.42. The maximum atomic E-state index is 6.89. The second-order valence-electron chi connectivity index (χ2n) is 11.7. The van der Waals surface area contributed by atoms with Crippen molar-refractivity contribution in [2.75, 3.05) is 0 Å². The highest BCUT2D eigenvalue weighted by Crippen LogP contribution is 2.40. The van der Waals surface area contributed by atoms with Gasteiger partial charge in [0.25, 0.3) is 0 Å². The SMILES string of the molecule is C/C(=C\CC(C)C)[C@H](O[Si](C)(C)C(C)(C)C)[C@H](C)/C=C/B1OC(C)(C)C(C)(C)O1. The number of hydrogen-bond acceptors (Lipinski definition) is 3. The second-order valence-corrected chi connectivity index (χ2v) is 16.5. The van der Waals surface area contributed by atoms with Crippen molar-refractivity contribution >= 4 is 15.4 Å². The molecule has 0 aromatic carbocycles. The monoisotopic (exact) mass is 422 g/mol. The lowest BCUT2D eigenvalue weighted by atomic mass is 9.86. The van der Waals surface area contributed by atoms with E-state index in [2.05, 4.69) is 107 Å². The average Bonchev–Trinajstić information content (AvgIpc) is 2.74. The largest absolute Gasteiger partial charge is 0.486 e. The first-order valence-corrected chi connectivity index (χ1v) is 14.2. The van der Waals surface area contributed by atoms with E-state index in [4.69, 9.17) is 13.7 Å². The van der Waals surface area contributed by atoms with Crippen LogP contribution in [0, 0.1) is 11.8 Å². The molecule has 0 N–H and O–H groups in total. The molecule has 2 atom stereocenters. The van der Waals surface area contributed by atoms with Gasteiger partial charge in [0.2, 0.25) is 0 Å². The summed E-state index contributed by atoms with van der Waals surface area (Å²) in [6.07, 6.45) is 5.74. The molecule has 0 bridgehead atoms. The minimum absolute atomic E-state index is 0.0771. The molecule has 0 unspecified atom stereocenters. The molecule has 1 rings (SSSR count). The normalized spacial score (nSPS) is 22.6. The molecule has 29 heavy (non-hydrogen) atoms. The van der Waals surface area contributed by atoms with E-state index in [1.165, 1.54) is 5.57 Å². The fourth-order valence-electron chi connectivity index (χ4n) is 2.98. The highest BCUT2D eigenvalue weighted by atomic mass is 28.4. The van der Waals surface area contributed by atoms with Crippen LogP contribution in [-0.4, -0.2) is 32.7 Å². The minimum Gasteiger partial charge on any atom is -0.410 e. The molecule has 1 saturated heterocycles. The van der Waals surface area contributed by atoms with Gasteiger partial charge < -0.3 is 13.7 Å². The summed E-state index contributed by atoms with van der Waals surface area (Å²) in [7, 11) is -2.20. The van der Waals surface area contributed by atoms with Gasteiger partial charge >= 0.3 is 7.12 Å². The van der Waals surface area contributed by atoms with Crippen molar-refractivity contribution < 1.29 is 13.7 Å². The highest BCUT2D eigenvalue weighted by Gasteiger charge is 2.50. The summed E-state index contributed by atoms with van der Waals surface area (Å²) < 4.78 is 19.2. The van der Waals surface area contributed by atoms with Crippen LogP contribution in [0.4, 0.5) is 0 Å². The number of allylic oxidation sites excluding steroid dienone is 1. The maximum absolute atomic E-state index is 6.89. The molecule has 0 aliphatic carbocycles. The van der Waals surface area contributed by atoms with E-state index in [0.29, 0.717) is 5.92 Å². The zero-order chi connectivity index (χ0) is 22.8. The van der Waals surface area contributed by atoms with Crippen LogP contribution >= 0.6 is 0 Å². The van der Waals surface area contributed by atoms with Gasteiger partial charge in [-0.25, -0.2) is 0 Å². The zero-order valence-electron chi connectivity index (χ0n) is 21.5. The first kappa shape index (κ1) is 26.7. The van der Waals surface area contributed by atoms with E-state index in [0.717, 1.165) is 6.42 Å². The van der Waals surface area contributed by atoms with Crippen molar-refractivity contribution in [1.82, 2.24) is 0 Å². The molecule has 0 aromatic heterocycles. The van der Waals surface area contributed by atoms with Crippen LogP contribution in [-0.2, 0) is 13.7 Å². The van der Waals surface area contributed by atoms with Crippen molar-refractivity contribution in [1.29, 1.82) is 0 Å². The van der Waals surface area contributed by atoms with E-state index in [9.17, 15) is 0 Å². The van der Waals surface area contributed by atoms with Gasteiger partial charge in [-0.3, -0.25) is 0 Å². The topological polar surface area (TPSA) is 27.7 Å². The van der Waals surface area contributed by atoms with E-state index in [-0.39, 0.29) is 35.4 Å². The van der Waals surface area contributed by atoms with Crippen molar-refractivity contribution in [3.8, 4) is 0 Å². The first-order valence-electron chi connectivity index (χ1n) is 11.3. The van der Waals surface area contributed by atoms with Gasteiger partial charge in [0, 0.05) is 5.92 Å². The van der Waals surface area contributed by atoms with Crippen LogP contribution in [0.5, 0.6) is 0 Å². The third kappa shape index (κ3) is 7.09. The van der Waals surface area contributed by atoms with Crippen LogP contribution in [0.2, 0.25) is 18.1 Å². The number of rotatable bonds is 8. The molecule has 0 aromatic rings. The molecule has 3 nitrogen and oxygen atoms in total. The summed E-state index contributed by atoms with van der Waals surface area (Å²) in [5.41, 5.74) is 0.708. The first-order chi connectivity index (χ1) is 12.9. The Labute approximate surface area is 182 Å². The Morgan fingerprint density at radius 1 is 1.03 bits per heavy atom. The van der Waals surface area contributed by atoms with Gasteiger partial charge in [-0.05, 0) is 70.7 Å². The van der Waals surface area contributed by atoms with Crippen molar-refractivity contribution in [3.05, 3.63) is 23.7 Å². The Morgan fingerprint density at radius 2 is 1.52 bits per heavy atom. The number of hydrogen-bond donors (Lipinski definition) is 0. The van der Waals surface area contributed by atoms with Crippen LogP contribution < -0.4 is 0 Å². The van der Waals surface area contributed by atoms with Gasteiger partial charge in [-0.1, -0.05) is 59.7 Å². The van der Waals surface area contributed by atoms with Crippen LogP contribution in [0.3, 0.4) is 0 Å². The fraction of sp³-hybridized carbons (Fsp3) is 0.833. The molecule has 1 heterocycles. The molecule has 168 valence electrons. The lowest BCUT2D eigenvalue weighted by molar-refractivity contribution is 0.00578. The fourth-order valence-corrected chi connectivity index (χ4v) is 4.37. The van der Waals surface area contributed by atoms with Gasteiger partial charge in [0.1, 0.15) is 0 Å². The highest BCUT2D eigenvalue weighted by molar-refractivity contribution is 6.74. The molecule has 5 heteroatoms. The maximum Gasteiger partial charge on any atom is 0.486 e. The van der Waals surface area contributed by atoms with Gasteiger partial charge in [-0.15, -0.1) is 0 Å². The molecular weight excluding hydrogens is 375 g/mol. The van der Waals surface area contributed by atoms with Gasteiger partial charge in [-0.2, -0.15) is 0 Å². The van der Waals surface area contributed by atoms with Crippen LogP contribution in [0.25, 0.3) is 0 Å². The van der Waals surface area contributed by atoms with E-state index in [1.807, 2.05) is 0 Å². The summed E-state index contributed by atoms with van der Waals surface area (Å²) in [5, 5.41) is 0.179. The van der Waals surface area contributed by atoms with E-state index in [1.54, 1.807) is 0 Å². The Hall–Kier alpha value is -0.358. The summed E-state index contributed by atoms with van der Waals surface area (Å²) in [5.74, 6) is 2.96. The predicted molar refractivity (Wildman–Crippen MR) is 130 cm³/mol. The molecule has 1 aliphatic rings. The summed E-state index contributed by atoms with van der Waals surface area (Å²) in [6.45, 7) is 28.9. The van der Waals surface area contributed by atoms with E-state index < -0.39 is 8.32 Å². The summed E-state index contributed by atoms with van der Waals surface area (Å²) >= 11 is 0. The van der Waals surface area contributed by atoms with Crippen molar-refractivity contribution in [2.45, 2.75) is 118 Å². The van der Waals surface area contributed by atoms with Crippen molar-refractivity contribution in [3.63, 3.8) is 0 Å². The Balaban J connectivity index is 3.04. The average molecular weight is 423 g/mol. The van der Waals surface area contributed by atoms with Gasteiger partial charge in [0.15, 0.2) is 8.32 Å². The Morgan fingerprint density at radius 3 is 1.93 bits per heavy atom. The molecule has 0 amide bonds. The Kier molecular flexibility index (Phi) is 8.66. The molecule has 1 aliphatic heterocycles. The third-order valence-electron chi connectivity index (χ3n) is 6.91. The Bertz CT molecular complexity index is 584. The van der Waals surface area contributed by atoms with Crippen molar-refractivity contribution in [2.24, 2.45) is 11.8 Å². The molecule has 0 radical (unpaired) electrons. The predicted octanol–water partition coefficient (Wildman–Crippen LogP) is 7.19. The lowest BCUT2D eigenvalue weighted by Crippen LogP contribution is -2.45. The molecule has 1 fully saturated rings. The van der Waals surface area contributed by atoms with Crippen LogP contribution in [0.1, 0.15) is 82.6 Å². The van der Waals surface area contributed by atoms with Gasteiger partial charge in [0.05, 0.1) is 17.3 Å². The minimum atomic E-state index is -1.89. The van der Waals surface area contributed by atoms with Crippen LogP contribution in [0.15, 0.2) is 23.7 Å².